The number of fused-ring (bicyclic) bond motifs is 1. The largest absolute Gasteiger partial charge is 0.378 e. The van der Waals surface area contributed by atoms with Crippen molar-refractivity contribution >= 4 is 16.9 Å². The Morgan fingerprint density at radius 2 is 2.11 bits per heavy atom. The van der Waals surface area contributed by atoms with Crippen molar-refractivity contribution in [3.05, 3.63) is 47.4 Å². The van der Waals surface area contributed by atoms with E-state index in [-0.39, 0.29) is 12.1 Å². The van der Waals surface area contributed by atoms with Gasteiger partial charge in [0.1, 0.15) is 12.1 Å². The number of rotatable bonds is 6. The number of hydrogen-bond donors (Lipinski definition) is 2. The topological polar surface area (TPSA) is 75.7 Å². The van der Waals surface area contributed by atoms with E-state index in [1.54, 1.807) is 25.3 Å². The van der Waals surface area contributed by atoms with Crippen molar-refractivity contribution in [1.82, 2.24) is 20.2 Å². The SMILES string of the molecule is Cc1ccc(CCO[C@H]2CC[C@H](Nc3ncnc4[nH]ncc34)C2)c(F)c1F. The first kappa shape index (κ1) is 17.8. The minimum atomic E-state index is -0.770. The highest BCUT2D eigenvalue weighted by molar-refractivity contribution is 5.85. The number of benzene rings is 1. The van der Waals surface area contributed by atoms with Crippen LogP contribution in [0.25, 0.3) is 11.0 Å². The number of halogens is 2. The van der Waals surface area contributed by atoms with Gasteiger partial charge in [-0.1, -0.05) is 12.1 Å². The zero-order chi connectivity index (χ0) is 18.8. The van der Waals surface area contributed by atoms with Gasteiger partial charge in [-0.25, -0.2) is 18.7 Å². The lowest BCUT2D eigenvalue weighted by atomic mass is 10.1. The molecule has 1 fully saturated rings. The van der Waals surface area contributed by atoms with Crippen molar-refractivity contribution in [1.29, 1.82) is 0 Å². The molecule has 0 aliphatic heterocycles. The normalized spacial score (nSPS) is 19.7. The highest BCUT2D eigenvalue weighted by atomic mass is 19.2. The van der Waals surface area contributed by atoms with Crippen LogP contribution in [0.3, 0.4) is 0 Å². The van der Waals surface area contributed by atoms with E-state index >= 15 is 0 Å². The lowest BCUT2D eigenvalue weighted by Crippen LogP contribution is -2.19. The summed E-state index contributed by atoms with van der Waals surface area (Å²) in [5, 5.41) is 11.1. The Balaban J connectivity index is 1.29. The van der Waals surface area contributed by atoms with Gasteiger partial charge in [-0.05, 0) is 43.7 Å². The van der Waals surface area contributed by atoms with Crippen LogP contribution >= 0.6 is 0 Å². The smallest absolute Gasteiger partial charge is 0.162 e. The molecule has 1 aliphatic carbocycles. The summed E-state index contributed by atoms with van der Waals surface area (Å²) in [5.74, 6) is -0.776. The third-order valence-electron chi connectivity index (χ3n) is 5.05. The molecular weight excluding hydrogens is 352 g/mol. The van der Waals surface area contributed by atoms with Gasteiger partial charge in [0.15, 0.2) is 17.3 Å². The second-order valence-electron chi connectivity index (χ2n) is 6.92. The average Bonchev–Trinajstić information content (AvgIpc) is 3.32. The summed E-state index contributed by atoms with van der Waals surface area (Å²) >= 11 is 0. The maximum atomic E-state index is 13.9. The predicted octanol–water partition coefficient (Wildman–Crippen LogP) is 3.53. The summed E-state index contributed by atoms with van der Waals surface area (Å²) in [6, 6.07) is 3.47. The van der Waals surface area contributed by atoms with Crippen molar-refractivity contribution in [2.75, 3.05) is 11.9 Å². The van der Waals surface area contributed by atoms with Crippen LogP contribution in [-0.2, 0) is 11.2 Å². The molecule has 8 heteroatoms. The van der Waals surface area contributed by atoms with Crippen molar-refractivity contribution in [3.8, 4) is 0 Å². The number of aromatic nitrogens is 4. The van der Waals surface area contributed by atoms with E-state index in [0.717, 1.165) is 30.5 Å². The van der Waals surface area contributed by atoms with Crippen LogP contribution in [0.15, 0.2) is 24.7 Å². The first-order valence-electron chi connectivity index (χ1n) is 9.07. The van der Waals surface area contributed by atoms with Crippen molar-refractivity contribution in [3.63, 3.8) is 0 Å². The maximum Gasteiger partial charge on any atom is 0.162 e. The van der Waals surface area contributed by atoms with Crippen LogP contribution in [0.1, 0.15) is 30.4 Å². The Morgan fingerprint density at radius 1 is 1.22 bits per heavy atom. The summed E-state index contributed by atoms with van der Waals surface area (Å²) < 4.78 is 33.4. The van der Waals surface area contributed by atoms with E-state index in [4.69, 9.17) is 4.74 Å². The van der Waals surface area contributed by atoms with Crippen molar-refractivity contribution < 1.29 is 13.5 Å². The summed E-state index contributed by atoms with van der Waals surface area (Å²) in [4.78, 5) is 8.42. The van der Waals surface area contributed by atoms with Crippen LogP contribution in [-0.4, -0.2) is 38.9 Å². The van der Waals surface area contributed by atoms with Crippen LogP contribution in [0.4, 0.5) is 14.6 Å². The number of nitrogens with zero attached hydrogens (tertiary/aromatic N) is 3. The number of anilines is 1. The fourth-order valence-corrected chi connectivity index (χ4v) is 3.51. The van der Waals surface area contributed by atoms with Gasteiger partial charge >= 0.3 is 0 Å². The average molecular weight is 373 g/mol. The molecule has 0 bridgehead atoms. The molecule has 2 atom stereocenters. The molecule has 1 saturated carbocycles. The Morgan fingerprint density at radius 3 is 3.00 bits per heavy atom. The molecule has 1 aliphatic rings. The molecule has 0 amide bonds. The Kier molecular flexibility index (Phi) is 4.98. The van der Waals surface area contributed by atoms with Gasteiger partial charge in [-0.15, -0.1) is 0 Å². The fourth-order valence-electron chi connectivity index (χ4n) is 3.51. The molecule has 2 aromatic heterocycles. The van der Waals surface area contributed by atoms with Crippen LogP contribution < -0.4 is 5.32 Å². The maximum absolute atomic E-state index is 13.9. The lowest BCUT2D eigenvalue weighted by molar-refractivity contribution is 0.0597. The molecule has 4 rings (SSSR count). The Bertz CT molecular complexity index is 945. The Labute approximate surface area is 155 Å². The highest BCUT2D eigenvalue weighted by Gasteiger charge is 2.26. The number of hydrogen-bond acceptors (Lipinski definition) is 5. The molecule has 1 aromatic carbocycles. The standard InChI is InChI=1S/C19H21F2N5O/c1-11-2-3-12(17(21)16(11)20)6-7-27-14-5-4-13(8-14)25-18-15-9-24-26-19(15)23-10-22-18/h2-3,9-10,13-14H,4-8H2,1H3,(H2,22,23,24,25,26)/t13-,14-/m0/s1. The van der Waals surface area contributed by atoms with Crippen molar-refractivity contribution in [2.24, 2.45) is 0 Å². The molecule has 2 heterocycles. The van der Waals surface area contributed by atoms with E-state index in [0.29, 0.717) is 29.8 Å². The second kappa shape index (κ2) is 7.56. The lowest BCUT2D eigenvalue weighted by Gasteiger charge is -2.15. The summed E-state index contributed by atoms with van der Waals surface area (Å²) in [7, 11) is 0. The number of aryl methyl sites for hydroxylation is 1. The van der Waals surface area contributed by atoms with Gasteiger partial charge in [0.2, 0.25) is 0 Å². The first-order valence-corrected chi connectivity index (χ1v) is 9.07. The number of aromatic amines is 1. The molecule has 2 N–H and O–H groups in total. The van der Waals surface area contributed by atoms with Gasteiger partial charge in [-0.3, -0.25) is 5.10 Å². The van der Waals surface area contributed by atoms with Crippen LogP contribution in [0.5, 0.6) is 0 Å². The van der Waals surface area contributed by atoms with E-state index in [1.165, 1.54) is 6.33 Å². The fraction of sp³-hybridized carbons (Fsp3) is 0.421. The van der Waals surface area contributed by atoms with Crippen LogP contribution in [0.2, 0.25) is 0 Å². The molecule has 6 nitrogen and oxygen atoms in total. The molecule has 27 heavy (non-hydrogen) atoms. The zero-order valence-electron chi connectivity index (χ0n) is 15.0. The first-order chi connectivity index (χ1) is 13.1. The molecule has 0 unspecified atom stereocenters. The number of nitrogens with one attached hydrogen (secondary N) is 2. The van der Waals surface area contributed by atoms with E-state index in [1.807, 2.05) is 0 Å². The van der Waals surface area contributed by atoms with Gasteiger partial charge in [0.05, 0.1) is 24.3 Å². The summed E-state index contributed by atoms with van der Waals surface area (Å²) in [5.41, 5.74) is 1.37. The third kappa shape index (κ3) is 3.75. The third-order valence-corrected chi connectivity index (χ3v) is 5.05. The number of ether oxygens (including phenoxy) is 1. The minimum absolute atomic E-state index is 0.0996. The monoisotopic (exact) mass is 373 g/mol. The summed E-state index contributed by atoms with van der Waals surface area (Å²) in [6.45, 7) is 1.93. The molecule has 0 spiro atoms. The quantitative estimate of drug-likeness (QED) is 0.691. The minimum Gasteiger partial charge on any atom is -0.378 e. The van der Waals surface area contributed by atoms with E-state index < -0.39 is 11.6 Å². The predicted molar refractivity (Wildman–Crippen MR) is 97.5 cm³/mol. The molecule has 142 valence electrons. The van der Waals surface area contributed by atoms with E-state index in [2.05, 4.69) is 25.5 Å². The molecule has 3 aromatic rings. The van der Waals surface area contributed by atoms with Crippen molar-refractivity contribution in [2.45, 2.75) is 44.8 Å². The second-order valence-corrected chi connectivity index (χ2v) is 6.92. The Hall–Kier alpha value is -2.61. The van der Waals surface area contributed by atoms with E-state index in [9.17, 15) is 8.78 Å². The van der Waals surface area contributed by atoms with Gasteiger partial charge < -0.3 is 10.1 Å². The highest BCUT2D eigenvalue weighted by Crippen LogP contribution is 2.27. The van der Waals surface area contributed by atoms with Gasteiger partial charge in [0, 0.05) is 6.04 Å². The van der Waals surface area contributed by atoms with Gasteiger partial charge in [-0.2, -0.15) is 5.10 Å². The molecule has 0 saturated heterocycles. The number of H-pyrrole nitrogens is 1. The molecule has 0 radical (unpaired) electrons. The van der Waals surface area contributed by atoms with Crippen LogP contribution in [0, 0.1) is 18.6 Å². The molecular formula is C19H21F2N5O. The van der Waals surface area contributed by atoms with Gasteiger partial charge in [0.25, 0.3) is 0 Å². The summed E-state index contributed by atoms with van der Waals surface area (Å²) in [6.07, 6.45) is 6.38. The zero-order valence-corrected chi connectivity index (χ0v) is 15.0.